The van der Waals surface area contributed by atoms with E-state index < -0.39 is 0 Å². The molecule has 2 aliphatic heterocycles. The summed E-state index contributed by atoms with van der Waals surface area (Å²) < 4.78 is 11.7. The zero-order valence-electron chi connectivity index (χ0n) is 35.3. The van der Waals surface area contributed by atoms with E-state index in [-0.39, 0.29) is 16.7 Å². The second kappa shape index (κ2) is 13.1. The molecule has 0 bridgehead atoms. The average molecular weight is 884 g/mol. The number of hydrogen-bond acceptors (Lipinski definition) is 6. The standard InChI is InChI=1S/C58H34ClN5OS/c1-58-26-27-60-31-45(58)41-23-20-36(30-47(41)64(58)37-22-18-32-10-2-3-12-34(32)28-37)35-21-25-46-44(29-35)50-52(40-15-7-6-14-39(40)49-42-16-8-9-17-48(42)66-55(49)50)63(46)56-54-51(61-57(59)62-56)43-24-19-33-11-4-5-13-38(33)53(43)65-54/h2-31,45H,1H3/t45-,58?/m1/s1. The molecule has 1 unspecified atom stereocenters. The van der Waals surface area contributed by atoms with Gasteiger partial charge in [-0.05, 0) is 105 Å². The molecule has 310 valence electrons. The molecule has 9 aromatic carbocycles. The molecule has 0 saturated heterocycles. The molecule has 2 aliphatic rings. The van der Waals surface area contributed by atoms with E-state index in [0.717, 1.165) is 60.4 Å². The fourth-order valence-electron chi connectivity index (χ4n) is 11.4. The van der Waals surface area contributed by atoms with Crippen molar-refractivity contribution < 1.29 is 4.42 Å². The average Bonchev–Trinajstić information content (AvgIpc) is 4.10. The lowest BCUT2D eigenvalue weighted by Gasteiger charge is -2.39. The van der Waals surface area contributed by atoms with Gasteiger partial charge in [-0.1, -0.05) is 121 Å². The highest BCUT2D eigenvalue weighted by Gasteiger charge is 2.47. The molecule has 2 atom stereocenters. The maximum absolute atomic E-state index is 6.99. The largest absolute Gasteiger partial charge is 0.450 e. The fourth-order valence-corrected chi connectivity index (χ4v) is 12.9. The van der Waals surface area contributed by atoms with Crippen molar-refractivity contribution in [3.63, 3.8) is 0 Å². The third kappa shape index (κ3) is 4.83. The Balaban J connectivity index is 1.03. The Bertz CT molecular complexity index is 4370. The van der Waals surface area contributed by atoms with Crippen LogP contribution in [-0.2, 0) is 0 Å². The van der Waals surface area contributed by atoms with Crippen LogP contribution in [-0.4, -0.2) is 26.3 Å². The first-order chi connectivity index (χ1) is 32.5. The van der Waals surface area contributed by atoms with Crippen LogP contribution in [0.25, 0.3) is 113 Å². The van der Waals surface area contributed by atoms with Gasteiger partial charge in [0.2, 0.25) is 5.28 Å². The van der Waals surface area contributed by atoms with Gasteiger partial charge in [0.1, 0.15) is 11.1 Å². The summed E-state index contributed by atoms with van der Waals surface area (Å²) in [6.07, 6.45) is 6.32. The zero-order valence-corrected chi connectivity index (χ0v) is 36.9. The van der Waals surface area contributed by atoms with E-state index in [1.807, 2.05) is 29.7 Å². The van der Waals surface area contributed by atoms with Gasteiger partial charge < -0.3 is 9.32 Å². The van der Waals surface area contributed by atoms with Crippen LogP contribution < -0.4 is 4.90 Å². The Labute approximate surface area is 385 Å². The van der Waals surface area contributed by atoms with Crippen LogP contribution >= 0.6 is 22.9 Å². The predicted molar refractivity (Wildman–Crippen MR) is 277 cm³/mol. The minimum atomic E-state index is -0.330. The Kier molecular flexibility index (Phi) is 7.26. The molecular formula is C58H34ClN5OS. The highest BCUT2D eigenvalue weighted by molar-refractivity contribution is 7.27. The third-order valence-electron chi connectivity index (χ3n) is 14.4. The molecule has 0 spiro atoms. The summed E-state index contributed by atoms with van der Waals surface area (Å²) in [5, 5.41) is 12.7. The first-order valence-electron chi connectivity index (χ1n) is 22.2. The lowest BCUT2D eigenvalue weighted by atomic mass is 9.83. The van der Waals surface area contributed by atoms with Crippen LogP contribution in [0, 0.1) is 0 Å². The maximum atomic E-state index is 6.99. The van der Waals surface area contributed by atoms with Gasteiger partial charge in [0.15, 0.2) is 11.4 Å². The molecule has 66 heavy (non-hydrogen) atoms. The number of furan rings is 1. The lowest BCUT2D eigenvalue weighted by molar-refractivity contribution is 0.565. The van der Waals surface area contributed by atoms with Gasteiger partial charge in [0.05, 0.1) is 16.6 Å². The number of fused-ring (bicyclic) bond motifs is 19. The van der Waals surface area contributed by atoms with Crippen molar-refractivity contribution >= 4 is 137 Å². The lowest BCUT2D eigenvalue weighted by Crippen LogP contribution is -2.43. The molecule has 0 fully saturated rings. The Hall–Kier alpha value is -7.84. The van der Waals surface area contributed by atoms with Crippen molar-refractivity contribution in [1.29, 1.82) is 0 Å². The van der Waals surface area contributed by atoms with Crippen molar-refractivity contribution in [3.05, 3.63) is 187 Å². The van der Waals surface area contributed by atoms with Gasteiger partial charge >= 0.3 is 0 Å². The number of nitrogens with zero attached hydrogens (tertiary/aromatic N) is 5. The molecule has 15 rings (SSSR count). The summed E-state index contributed by atoms with van der Waals surface area (Å²) in [4.78, 5) is 17.1. The van der Waals surface area contributed by atoms with Gasteiger partial charge in [0, 0.05) is 76.8 Å². The van der Waals surface area contributed by atoms with Crippen LogP contribution in [0.2, 0.25) is 5.28 Å². The molecular weight excluding hydrogens is 850 g/mol. The molecule has 0 saturated carbocycles. The van der Waals surface area contributed by atoms with E-state index in [1.54, 1.807) is 0 Å². The monoisotopic (exact) mass is 883 g/mol. The van der Waals surface area contributed by atoms with E-state index in [1.165, 1.54) is 53.0 Å². The van der Waals surface area contributed by atoms with Gasteiger partial charge in [-0.15, -0.1) is 11.3 Å². The van der Waals surface area contributed by atoms with E-state index >= 15 is 0 Å². The number of rotatable bonds is 3. The Morgan fingerprint density at radius 2 is 1.36 bits per heavy atom. The summed E-state index contributed by atoms with van der Waals surface area (Å²) >= 11 is 8.83. The molecule has 6 nitrogen and oxygen atoms in total. The van der Waals surface area contributed by atoms with Crippen LogP contribution in [0.5, 0.6) is 0 Å². The summed E-state index contributed by atoms with van der Waals surface area (Å²) in [5.74, 6) is 0.707. The van der Waals surface area contributed by atoms with Gasteiger partial charge in [-0.3, -0.25) is 9.56 Å². The van der Waals surface area contributed by atoms with Crippen molar-refractivity contribution in [2.75, 3.05) is 4.90 Å². The molecule has 0 amide bonds. The fraction of sp³-hybridized carbons (Fsp3) is 0.0517. The topological polar surface area (TPSA) is 59.5 Å². The Morgan fingerprint density at radius 1 is 0.621 bits per heavy atom. The molecule has 8 heteroatoms. The first-order valence-corrected chi connectivity index (χ1v) is 23.4. The Morgan fingerprint density at radius 3 is 2.26 bits per heavy atom. The summed E-state index contributed by atoms with van der Waals surface area (Å²) in [6.45, 7) is 2.33. The highest BCUT2D eigenvalue weighted by Crippen LogP contribution is 2.55. The van der Waals surface area contributed by atoms with Gasteiger partial charge in [-0.25, -0.2) is 4.98 Å². The van der Waals surface area contributed by atoms with Crippen LogP contribution in [0.15, 0.2) is 185 Å². The van der Waals surface area contributed by atoms with E-state index in [2.05, 4.69) is 185 Å². The van der Waals surface area contributed by atoms with Crippen LogP contribution in [0.3, 0.4) is 0 Å². The normalized spacial score (nSPS) is 17.0. The predicted octanol–water partition coefficient (Wildman–Crippen LogP) is 16.2. The quantitative estimate of drug-likeness (QED) is 0.166. The zero-order chi connectivity index (χ0) is 43.4. The molecule has 0 radical (unpaired) electrons. The minimum absolute atomic E-state index is 0.0979. The molecule has 13 aromatic rings. The number of hydrogen-bond donors (Lipinski definition) is 0. The van der Waals surface area contributed by atoms with Gasteiger partial charge in [0.25, 0.3) is 0 Å². The summed E-state index contributed by atoms with van der Waals surface area (Å²) in [6, 6.07) is 59.3. The molecule has 6 heterocycles. The summed E-state index contributed by atoms with van der Waals surface area (Å²) in [7, 11) is 0. The number of aliphatic imine (C=N–C) groups is 1. The van der Waals surface area contributed by atoms with Crippen LogP contribution in [0.1, 0.15) is 18.4 Å². The number of anilines is 2. The maximum Gasteiger partial charge on any atom is 0.225 e. The number of aromatic nitrogens is 3. The highest BCUT2D eigenvalue weighted by atomic mass is 35.5. The molecule has 0 aliphatic carbocycles. The third-order valence-corrected chi connectivity index (χ3v) is 15.7. The molecule has 4 aromatic heterocycles. The van der Waals surface area contributed by atoms with Crippen LogP contribution in [0.4, 0.5) is 11.4 Å². The smallest absolute Gasteiger partial charge is 0.225 e. The molecule has 0 N–H and O–H groups in total. The minimum Gasteiger partial charge on any atom is -0.450 e. The second-order valence-electron chi connectivity index (χ2n) is 17.9. The SMILES string of the molecule is CC12C=CN=C[C@@H]1c1ccc(-c3ccc4c(c3)c3c5sc6ccccc6c5c5ccccc5c3n4-c3nc(Cl)nc4c3oc3c5ccccc5ccc43)cc1N2c1ccc2ccccc2c1. The van der Waals surface area contributed by atoms with Crippen molar-refractivity contribution in [3.8, 4) is 16.9 Å². The second-order valence-corrected chi connectivity index (χ2v) is 19.2. The summed E-state index contributed by atoms with van der Waals surface area (Å²) in [5.41, 5.74) is 9.64. The van der Waals surface area contributed by atoms with Crippen molar-refractivity contribution in [1.82, 2.24) is 14.5 Å². The van der Waals surface area contributed by atoms with E-state index in [0.29, 0.717) is 16.9 Å². The van der Waals surface area contributed by atoms with Crippen molar-refractivity contribution in [2.45, 2.75) is 18.4 Å². The first kappa shape index (κ1) is 36.5. The van der Waals surface area contributed by atoms with Crippen molar-refractivity contribution in [2.24, 2.45) is 4.99 Å². The van der Waals surface area contributed by atoms with E-state index in [4.69, 9.17) is 26.0 Å². The number of halogens is 1. The van der Waals surface area contributed by atoms with E-state index in [9.17, 15) is 0 Å². The number of benzene rings is 9. The number of thiophene rings is 1. The van der Waals surface area contributed by atoms with Gasteiger partial charge in [-0.2, -0.15) is 4.98 Å².